The number of ether oxygens (including phenoxy) is 1. The molecule has 2 heterocycles. The zero-order chi connectivity index (χ0) is 14.4. The molecule has 0 atom stereocenters. The number of hydrogen-bond donors (Lipinski definition) is 2. The summed E-state index contributed by atoms with van der Waals surface area (Å²) in [4.78, 5) is 6.43. The maximum Gasteiger partial charge on any atom is 0.123 e. The van der Waals surface area contributed by atoms with Gasteiger partial charge >= 0.3 is 0 Å². The predicted octanol–water partition coefficient (Wildman–Crippen LogP) is 4.46. The molecule has 0 saturated carbocycles. The summed E-state index contributed by atoms with van der Waals surface area (Å²) in [6, 6.07) is 10.6. The van der Waals surface area contributed by atoms with E-state index < -0.39 is 0 Å². The Labute approximate surface area is 120 Å². The molecule has 0 aliphatic carbocycles. The van der Waals surface area contributed by atoms with Crippen LogP contribution >= 0.6 is 0 Å². The molecular weight excluding hydrogens is 267 g/mol. The van der Waals surface area contributed by atoms with E-state index in [9.17, 15) is 4.39 Å². The maximum atomic E-state index is 13.5. The second-order valence-electron chi connectivity index (χ2n) is 5.01. The van der Waals surface area contributed by atoms with Gasteiger partial charge in [-0.05, 0) is 36.4 Å². The van der Waals surface area contributed by atoms with Crippen LogP contribution in [0.5, 0.6) is 5.75 Å². The normalized spacial score (nSPS) is 11.3. The summed E-state index contributed by atoms with van der Waals surface area (Å²) in [7, 11) is 1.65. The molecule has 0 amide bonds. The minimum Gasteiger partial charge on any atom is -0.497 e. The summed E-state index contributed by atoms with van der Waals surface area (Å²) in [6.45, 7) is 0. The summed E-state index contributed by atoms with van der Waals surface area (Å²) >= 11 is 0. The number of methoxy groups -OCH3 is 1. The van der Waals surface area contributed by atoms with Crippen LogP contribution in [-0.2, 0) is 0 Å². The van der Waals surface area contributed by atoms with E-state index in [1.165, 1.54) is 6.07 Å². The molecule has 0 aliphatic rings. The third kappa shape index (κ3) is 1.80. The molecule has 0 spiro atoms. The van der Waals surface area contributed by atoms with E-state index in [4.69, 9.17) is 4.74 Å². The summed E-state index contributed by atoms with van der Waals surface area (Å²) < 4.78 is 18.8. The molecule has 3 nitrogen and oxygen atoms in total. The van der Waals surface area contributed by atoms with Gasteiger partial charge in [-0.25, -0.2) is 4.39 Å². The largest absolute Gasteiger partial charge is 0.497 e. The Kier molecular flexibility index (Phi) is 2.51. The van der Waals surface area contributed by atoms with Crippen LogP contribution in [0.4, 0.5) is 4.39 Å². The van der Waals surface area contributed by atoms with Gasteiger partial charge in [0, 0.05) is 45.3 Å². The van der Waals surface area contributed by atoms with E-state index in [1.54, 1.807) is 19.2 Å². The zero-order valence-electron chi connectivity index (χ0n) is 11.4. The van der Waals surface area contributed by atoms with E-state index in [0.29, 0.717) is 0 Å². The van der Waals surface area contributed by atoms with E-state index in [-0.39, 0.29) is 5.82 Å². The summed E-state index contributed by atoms with van der Waals surface area (Å²) in [5.74, 6) is 0.565. The van der Waals surface area contributed by atoms with Gasteiger partial charge in [-0.1, -0.05) is 0 Å². The summed E-state index contributed by atoms with van der Waals surface area (Å²) in [5, 5.41) is 1.93. The first-order chi connectivity index (χ1) is 10.3. The number of hydrogen-bond acceptors (Lipinski definition) is 1. The Hall–Kier alpha value is -2.75. The predicted molar refractivity (Wildman–Crippen MR) is 82.1 cm³/mol. The molecule has 0 aliphatic heterocycles. The van der Waals surface area contributed by atoms with Crippen LogP contribution in [0, 0.1) is 5.82 Å². The molecule has 0 radical (unpaired) electrons. The molecule has 4 heteroatoms. The smallest absolute Gasteiger partial charge is 0.123 e. The van der Waals surface area contributed by atoms with Gasteiger partial charge in [-0.2, -0.15) is 0 Å². The Morgan fingerprint density at radius 3 is 2.14 bits per heavy atom. The topological polar surface area (TPSA) is 40.8 Å². The molecule has 104 valence electrons. The summed E-state index contributed by atoms with van der Waals surface area (Å²) in [6.07, 6.45) is 3.85. The van der Waals surface area contributed by atoms with Crippen molar-refractivity contribution in [3.05, 3.63) is 54.6 Å². The lowest BCUT2D eigenvalue weighted by Crippen LogP contribution is -1.82. The molecule has 4 rings (SSSR count). The number of H-pyrrole nitrogens is 2. The van der Waals surface area contributed by atoms with Crippen molar-refractivity contribution < 1.29 is 9.13 Å². The average molecular weight is 280 g/mol. The molecule has 2 aromatic carbocycles. The van der Waals surface area contributed by atoms with Crippen molar-refractivity contribution in [1.82, 2.24) is 9.97 Å². The van der Waals surface area contributed by atoms with Crippen LogP contribution in [0.3, 0.4) is 0 Å². The fourth-order valence-corrected chi connectivity index (χ4v) is 2.77. The van der Waals surface area contributed by atoms with Crippen molar-refractivity contribution in [1.29, 1.82) is 0 Å². The number of nitrogens with one attached hydrogen (secondary N) is 2. The van der Waals surface area contributed by atoms with E-state index in [0.717, 1.165) is 38.7 Å². The van der Waals surface area contributed by atoms with Crippen molar-refractivity contribution in [3.63, 3.8) is 0 Å². The standard InChI is InChI=1S/C17H13FN2O/c1-21-11-3-5-17-13(7-11)15(9-20-17)14-8-19-16-4-2-10(18)6-12(14)16/h2-9,19-20H,1H3. The SMILES string of the molecule is COc1ccc2[nH]cc(-c3c[nH]c4ccc(F)cc34)c2c1. The van der Waals surface area contributed by atoms with Gasteiger partial charge in [0.05, 0.1) is 7.11 Å². The molecule has 2 aromatic heterocycles. The first kappa shape index (κ1) is 12.0. The monoisotopic (exact) mass is 280 g/mol. The highest BCUT2D eigenvalue weighted by atomic mass is 19.1. The van der Waals surface area contributed by atoms with Crippen LogP contribution in [-0.4, -0.2) is 17.1 Å². The minimum absolute atomic E-state index is 0.235. The van der Waals surface area contributed by atoms with Gasteiger partial charge < -0.3 is 14.7 Å². The number of aromatic nitrogens is 2. The minimum atomic E-state index is -0.235. The lowest BCUT2D eigenvalue weighted by Gasteiger charge is -2.01. The van der Waals surface area contributed by atoms with Crippen molar-refractivity contribution in [2.24, 2.45) is 0 Å². The van der Waals surface area contributed by atoms with Gasteiger partial charge in [-0.3, -0.25) is 0 Å². The van der Waals surface area contributed by atoms with Crippen LogP contribution in [0.2, 0.25) is 0 Å². The Balaban J connectivity index is 2.01. The third-order valence-electron chi connectivity index (χ3n) is 3.82. The molecule has 0 saturated heterocycles. The average Bonchev–Trinajstić information content (AvgIpc) is 3.09. The fourth-order valence-electron chi connectivity index (χ4n) is 2.77. The van der Waals surface area contributed by atoms with Crippen molar-refractivity contribution in [3.8, 4) is 16.9 Å². The number of halogens is 1. The number of benzene rings is 2. The summed E-state index contributed by atoms with van der Waals surface area (Å²) in [5.41, 5.74) is 3.95. The third-order valence-corrected chi connectivity index (χ3v) is 3.82. The molecule has 0 fully saturated rings. The Bertz CT molecular complexity index is 952. The van der Waals surface area contributed by atoms with Crippen LogP contribution in [0.25, 0.3) is 32.9 Å². The van der Waals surface area contributed by atoms with Crippen LogP contribution < -0.4 is 4.74 Å². The highest BCUT2D eigenvalue weighted by molar-refractivity contribution is 6.05. The first-order valence-corrected chi connectivity index (χ1v) is 6.68. The Morgan fingerprint density at radius 1 is 0.857 bits per heavy atom. The van der Waals surface area contributed by atoms with E-state index >= 15 is 0 Å². The van der Waals surface area contributed by atoms with Gasteiger partial charge in [-0.15, -0.1) is 0 Å². The van der Waals surface area contributed by atoms with Gasteiger partial charge in [0.1, 0.15) is 11.6 Å². The van der Waals surface area contributed by atoms with E-state index in [2.05, 4.69) is 9.97 Å². The molecule has 0 bridgehead atoms. The molecule has 2 N–H and O–H groups in total. The van der Waals surface area contributed by atoms with Crippen molar-refractivity contribution >= 4 is 21.8 Å². The maximum absolute atomic E-state index is 13.5. The van der Waals surface area contributed by atoms with Crippen molar-refractivity contribution in [2.75, 3.05) is 7.11 Å². The van der Waals surface area contributed by atoms with Crippen LogP contribution in [0.15, 0.2) is 48.8 Å². The Morgan fingerprint density at radius 2 is 1.48 bits per heavy atom. The lowest BCUT2D eigenvalue weighted by molar-refractivity contribution is 0.415. The molecular formula is C17H13FN2O. The van der Waals surface area contributed by atoms with Gasteiger partial charge in [0.25, 0.3) is 0 Å². The first-order valence-electron chi connectivity index (χ1n) is 6.68. The second-order valence-corrected chi connectivity index (χ2v) is 5.01. The quantitative estimate of drug-likeness (QED) is 0.559. The second kappa shape index (κ2) is 4.38. The zero-order valence-corrected chi connectivity index (χ0v) is 11.4. The number of aromatic amines is 2. The highest BCUT2D eigenvalue weighted by Gasteiger charge is 2.12. The number of fused-ring (bicyclic) bond motifs is 2. The molecule has 0 unspecified atom stereocenters. The molecule has 21 heavy (non-hydrogen) atoms. The van der Waals surface area contributed by atoms with Crippen molar-refractivity contribution in [2.45, 2.75) is 0 Å². The van der Waals surface area contributed by atoms with Gasteiger partial charge in [0.15, 0.2) is 0 Å². The van der Waals surface area contributed by atoms with E-state index in [1.807, 2.05) is 30.6 Å². The molecule has 4 aromatic rings. The van der Waals surface area contributed by atoms with Gasteiger partial charge in [0.2, 0.25) is 0 Å². The fraction of sp³-hybridized carbons (Fsp3) is 0.0588. The lowest BCUT2D eigenvalue weighted by atomic mass is 10.0. The van der Waals surface area contributed by atoms with Crippen LogP contribution in [0.1, 0.15) is 0 Å². The highest BCUT2D eigenvalue weighted by Crippen LogP contribution is 2.35. The number of rotatable bonds is 2.